The van der Waals surface area contributed by atoms with Crippen molar-refractivity contribution in [1.29, 1.82) is 0 Å². The van der Waals surface area contributed by atoms with Crippen LogP contribution in [0.3, 0.4) is 0 Å². The van der Waals surface area contributed by atoms with E-state index in [1.54, 1.807) is 18.5 Å². The summed E-state index contributed by atoms with van der Waals surface area (Å²) in [5, 5.41) is 0. The summed E-state index contributed by atoms with van der Waals surface area (Å²) in [5.74, 6) is 0.960. The molecule has 1 N–H and O–H groups in total. The lowest BCUT2D eigenvalue weighted by Gasteiger charge is -2.11. The molecule has 0 aromatic carbocycles. The standard InChI is InChI=1S/C12H14N2O3S/c1-4-7(16-3)8-10(17-5-2)9-12(14-11(8)15)18-6-13-9/h4,6H,5H2,1-3H3,(H,14,15)/b7-4+. The molecule has 2 heterocycles. The molecular formula is C12H14N2O3S. The smallest absolute Gasteiger partial charge is 0.263 e. The fraction of sp³-hybridized carbons (Fsp3) is 0.333. The van der Waals surface area contributed by atoms with Crippen molar-refractivity contribution < 1.29 is 9.47 Å². The number of rotatable bonds is 4. The predicted molar refractivity (Wildman–Crippen MR) is 72.1 cm³/mol. The first kappa shape index (κ1) is 12.6. The molecular weight excluding hydrogens is 252 g/mol. The number of H-pyrrole nitrogens is 1. The Hall–Kier alpha value is -1.82. The van der Waals surface area contributed by atoms with Crippen molar-refractivity contribution in [3.05, 3.63) is 27.5 Å². The first-order valence-electron chi connectivity index (χ1n) is 5.55. The van der Waals surface area contributed by atoms with E-state index >= 15 is 0 Å². The van der Waals surface area contributed by atoms with E-state index in [0.717, 1.165) is 0 Å². The third-order valence-corrected chi connectivity index (χ3v) is 3.22. The molecule has 0 atom stereocenters. The maximum Gasteiger partial charge on any atom is 0.263 e. The molecule has 0 aliphatic carbocycles. The second kappa shape index (κ2) is 5.22. The van der Waals surface area contributed by atoms with Crippen LogP contribution in [-0.4, -0.2) is 23.7 Å². The highest BCUT2D eigenvalue weighted by molar-refractivity contribution is 7.16. The van der Waals surface area contributed by atoms with Gasteiger partial charge in [-0.2, -0.15) is 0 Å². The fourth-order valence-electron chi connectivity index (χ4n) is 1.76. The average Bonchev–Trinajstić information content (AvgIpc) is 2.81. The Morgan fingerprint density at radius 2 is 2.39 bits per heavy atom. The SMILES string of the molecule is C/C=C(/OC)c1c(OCC)c2ncsc2[nH]c1=O. The van der Waals surface area contributed by atoms with Gasteiger partial charge in [0.15, 0.2) is 5.75 Å². The number of hydrogen-bond donors (Lipinski definition) is 1. The minimum absolute atomic E-state index is 0.231. The van der Waals surface area contributed by atoms with E-state index in [-0.39, 0.29) is 5.56 Å². The largest absolute Gasteiger partial charge is 0.496 e. The Morgan fingerprint density at radius 3 is 3.00 bits per heavy atom. The molecule has 0 amide bonds. The highest BCUT2D eigenvalue weighted by Crippen LogP contribution is 2.31. The van der Waals surface area contributed by atoms with Gasteiger partial charge < -0.3 is 14.5 Å². The molecule has 0 fully saturated rings. The molecule has 6 heteroatoms. The molecule has 0 aliphatic rings. The zero-order valence-corrected chi connectivity index (χ0v) is 11.3. The van der Waals surface area contributed by atoms with E-state index in [9.17, 15) is 4.79 Å². The van der Waals surface area contributed by atoms with Crippen LogP contribution in [0.5, 0.6) is 5.75 Å². The van der Waals surface area contributed by atoms with Crippen LogP contribution in [0.4, 0.5) is 0 Å². The second-order valence-electron chi connectivity index (χ2n) is 3.48. The molecule has 0 bridgehead atoms. The molecule has 96 valence electrons. The Balaban J connectivity index is 2.80. The van der Waals surface area contributed by atoms with Crippen molar-refractivity contribution in [2.75, 3.05) is 13.7 Å². The summed E-state index contributed by atoms with van der Waals surface area (Å²) < 4.78 is 10.8. The van der Waals surface area contributed by atoms with E-state index in [1.807, 2.05) is 6.92 Å². The Kier molecular flexibility index (Phi) is 3.66. The van der Waals surface area contributed by atoms with Crippen LogP contribution in [-0.2, 0) is 4.74 Å². The first-order valence-corrected chi connectivity index (χ1v) is 6.43. The molecule has 0 saturated carbocycles. The minimum Gasteiger partial charge on any atom is -0.496 e. The number of pyridine rings is 1. The van der Waals surface area contributed by atoms with Gasteiger partial charge in [0, 0.05) is 0 Å². The Morgan fingerprint density at radius 1 is 1.61 bits per heavy atom. The number of fused-ring (bicyclic) bond motifs is 1. The highest BCUT2D eigenvalue weighted by atomic mass is 32.1. The number of aromatic nitrogens is 2. The highest BCUT2D eigenvalue weighted by Gasteiger charge is 2.19. The van der Waals surface area contributed by atoms with Gasteiger partial charge in [-0.05, 0) is 19.9 Å². The number of ether oxygens (including phenoxy) is 2. The van der Waals surface area contributed by atoms with Gasteiger partial charge in [0.05, 0.1) is 19.2 Å². The summed E-state index contributed by atoms with van der Waals surface area (Å²) in [5.41, 5.74) is 2.49. The van der Waals surface area contributed by atoms with Crippen LogP contribution < -0.4 is 10.3 Å². The summed E-state index contributed by atoms with van der Waals surface area (Å²) in [6.07, 6.45) is 1.73. The van der Waals surface area contributed by atoms with E-state index in [0.29, 0.717) is 34.0 Å². The van der Waals surface area contributed by atoms with E-state index in [4.69, 9.17) is 9.47 Å². The third-order valence-electron chi connectivity index (χ3n) is 2.48. The van der Waals surface area contributed by atoms with E-state index in [2.05, 4.69) is 9.97 Å². The van der Waals surface area contributed by atoms with Gasteiger partial charge in [-0.3, -0.25) is 4.79 Å². The van der Waals surface area contributed by atoms with E-state index in [1.165, 1.54) is 18.4 Å². The van der Waals surface area contributed by atoms with Crippen molar-refractivity contribution in [3.63, 3.8) is 0 Å². The topological polar surface area (TPSA) is 64.2 Å². The average molecular weight is 266 g/mol. The van der Waals surface area contributed by atoms with Crippen molar-refractivity contribution in [2.45, 2.75) is 13.8 Å². The minimum atomic E-state index is -0.231. The van der Waals surface area contributed by atoms with Crippen LogP contribution >= 0.6 is 11.3 Å². The van der Waals surface area contributed by atoms with Crippen molar-refractivity contribution in [1.82, 2.24) is 9.97 Å². The molecule has 0 radical (unpaired) electrons. The third kappa shape index (κ3) is 1.99. The molecule has 0 saturated heterocycles. The number of methoxy groups -OCH3 is 1. The Bertz CT molecular complexity index is 642. The quantitative estimate of drug-likeness (QED) is 0.863. The number of thiazole rings is 1. The normalized spacial score (nSPS) is 11.8. The molecule has 18 heavy (non-hydrogen) atoms. The lowest BCUT2D eigenvalue weighted by molar-refractivity contribution is 0.332. The van der Waals surface area contributed by atoms with Crippen LogP contribution in [0.25, 0.3) is 16.1 Å². The first-order chi connectivity index (χ1) is 8.72. The summed E-state index contributed by atoms with van der Waals surface area (Å²) in [6, 6.07) is 0. The van der Waals surface area contributed by atoms with Gasteiger partial charge in [0.25, 0.3) is 5.56 Å². The fourth-order valence-corrected chi connectivity index (χ4v) is 2.43. The summed E-state index contributed by atoms with van der Waals surface area (Å²) in [7, 11) is 1.52. The van der Waals surface area contributed by atoms with Gasteiger partial charge in [-0.15, -0.1) is 11.3 Å². The molecule has 2 aromatic heterocycles. The number of nitrogens with zero attached hydrogens (tertiary/aromatic N) is 1. The number of nitrogens with one attached hydrogen (secondary N) is 1. The van der Waals surface area contributed by atoms with Crippen molar-refractivity contribution >= 4 is 27.4 Å². The monoisotopic (exact) mass is 266 g/mol. The van der Waals surface area contributed by atoms with Gasteiger partial charge in [-0.25, -0.2) is 4.98 Å². The molecule has 2 rings (SSSR count). The second-order valence-corrected chi connectivity index (χ2v) is 4.33. The van der Waals surface area contributed by atoms with Crippen molar-refractivity contribution in [2.24, 2.45) is 0 Å². The summed E-state index contributed by atoms with van der Waals surface area (Å²) in [6.45, 7) is 4.13. The maximum absolute atomic E-state index is 12.1. The van der Waals surface area contributed by atoms with Crippen LogP contribution in [0.15, 0.2) is 16.4 Å². The van der Waals surface area contributed by atoms with Crippen LogP contribution in [0.1, 0.15) is 19.4 Å². The molecule has 2 aromatic rings. The number of aromatic amines is 1. The lowest BCUT2D eigenvalue weighted by Crippen LogP contribution is -2.15. The van der Waals surface area contributed by atoms with E-state index < -0.39 is 0 Å². The van der Waals surface area contributed by atoms with Gasteiger partial charge in [-0.1, -0.05) is 0 Å². The number of hydrogen-bond acceptors (Lipinski definition) is 5. The maximum atomic E-state index is 12.1. The van der Waals surface area contributed by atoms with Crippen molar-refractivity contribution in [3.8, 4) is 5.75 Å². The van der Waals surface area contributed by atoms with Crippen LogP contribution in [0, 0.1) is 0 Å². The molecule has 0 aliphatic heterocycles. The van der Waals surface area contributed by atoms with Gasteiger partial charge in [0.1, 0.15) is 21.7 Å². The summed E-state index contributed by atoms with van der Waals surface area (Å²) in [4.78, 5) is 19.8. The van der Waals surface area contributed by atoms with Gasteiger partial charge in [0.2, 0.25) is 0 Å². The molecule has 0 spiro atoms. The van der Waals surface area contributed by atoms with Gasteiger partial charge >= 0.3 is 0 Å². The molecule has 5 nitrogen and oxygen atoms in total. The summed E-state index contributed by atoms with van der Waals surface area (Å²) >= 11 is 1.37. The zero-order valence-electron chi connectivity index (χ0n) is 10.4. The van der Waals surface area contributed by atoms with Crippen LogP contribution in [0.2, 0.25) is 0 Å². The Labute approximate surface area is 108 Å². The zero-order chi connectivity index (χ0) is 13.1. The number of allylic oxidation sites excluding steroid dienone is 1. The lowest BCUT2D eigenvalue weighted by atomic mass is 10.2. The molecule has 0 unspecified atom stereocenters. The predicted octanol–water partition coefficient (Wildman–Crippen LogP) is 2.39.